The molecule has 0 saturated heterocycles. The van der Waals surface area contributed by atoms with Crippen LogP contribution < -0.4 is 4.74 Å². The van der Waals surface area contributed by atoms with Gasteiger partial charge in [0.15, 0.2) is 5.78 Å². The Morgan fingerprint density at radius 1 is 1.64 bits per heavy atom. The van der Waals surface area contributed by atoms with Gasteiger partial charge in [0.25, 0.3) is 0 Å². The van der Waals surface area contributed by atoms with Crippen molar-refractivity contribution in [3.05, 3.63) is 27.1 Å². The molecule has 0 heterocycles. The fourth-order valence-electron chi connectivity index (χ4n) is 1.03. The van der Waals surface area contributed by atoms with E-state index in [0.29, 0.717) is 14.9 Å². The molecule has 0 radical (unpaired) electrons. The van der Waals surface area contributed by atoms with Crippen LogP contribution in [0.5, 0.6) is 5.75 Å². The van der Waals surface area contributed by atoms with Crippen LogP contribution >= 0.6 is 38.5 Å². The highest BCUT2D eigenvalue weighted by molar-refractivity contribution is 14.1. The Hall–Kier alpha value is -0.170. The maximum Gasteiger partial charge on any atom is 0.178 e. The number of benzene rings is 1. The van der Waals surface area contributed by atoms with Crippen LogP contribution in [-0.2, 0) is 0 Å². The number of alkyl halides is 1. The van der Waals surface area contributed by atoms with E-state index in [0.717, 1.165) is 0 Å². The summed E-state index contributed by atoms with van der Waals surface area (Å²) in [7, 11) is 1.45. The molecule has 0 saturated carbocycles. The first kappa shape index (κ1) is 11.9. The van der Waals surface area contributed by atoms with Gasteiger partial charge >= 0.3 is 0 Å². The quantitative estimate of drug-likeness (QED) is 0.463. The van der Waals surface area contributed by atoms with Gasteiger partial charge in [-0.05, 0) is 34.7 Å². The number of methoxy groups -OCH3 is 1. The number of ketones is 1. The Morgan fingerprint density at radius 2 is 2.29 bits per heavy atom. The Labute approximate surface area is 103 Å². The van der Waals surface area contributed by atoms with E-state index in [9.17, 15) is 9.18 Å². The molecule has 5 heteroatoms. The summed E-state index contributed by atoms with van der Waals surface area (Å²) in [5.74, 6) is -0.193. The number of carbonyl (C=O) groups excluding carboxylic acids is 1. The van der Waals surface area contributed by atoms with Gasteiger partial charge in [0.1, 0.15) is 11.6 Å². The van der Waals surface area contributed by atoms with Crippen molar-refractivity contribution in [2.75, 3.05) is 12.4 Å². The van der Waals surface area contributed by atoms with Crippen LogP contribution in [0, 0.1) is 9.39 Å². The van der Waals surface area contributed by atoms with Crippen LogP contribution in [0.4, 0.5) is 4.39 Å². The second-order valence-electron chi connectivity index (χ2n) is 2.50. The highest BCUT2D eigenvalue weighted by Gasteiger charge is 2.17. The minimum atomic E-state index is -0.407. The summed E-state index contributed by atoms with van der Waals surface area (Å²) in [5.41, 5.74) is 0.296. The van der Waals surface area contributed by atoms with E-state index in [2.05, 4.69) is 15.9 Å². The molecule has 0 aliphatic carbocycles. The maximum absolute atomic E-state index is 13.2. The minimum Gasteiger partial charge on any atom is -0.496 e. The molecule has 0 fully saturated rings. The van der Waals surface area contributed by atoms with Gasteiger partial charge in [-0.25, -0.2) is 4.39 Å². The van der Waals surface area contributed by atoms with E-state index in [1.54, 1.807) is 22.6 Å². The summed E-state index contributed by atoms with van der Waals surface area (Å²) in [6.07, 6.45) is 0. The van der Waals surface area contributed by atoms with Gasteiger partial charge in [-0.1, -0.05) is 15.9 Å². The summed E-state index contributed by atoms with van der Waals surface area (Å²) >= 11 is 4.84. The largest absolute Gasteiger partial charge is 0.496 e. The van der Waals surface area contributed by atoms with Gasteiger partial charge in [-0.2, -0.15) is 0 Å². The van der Waals surface area contributed by atoms with E-state index in [1.165, 1.54) is 19.2 Å². The predicted octanol–water partition coefficient (Wildman–Crippen LogP) is 3.02. The van der Waals surface area contributed by atoms with Crippen LogP contribution in [0.15, 0.2) is 12.1 Å². The zero-order valence-electron chi connectivity index (χ0n) is 7.31. The van der Waals surface area contributed by atoms with Crippen LogP contribution in [0.25, 0.3) is 0 Å². The van der Waals surface area contributed by atoms with E-state index >= 15 is 0 Å². The second kappa shape index (κ2) is 5.06. The van der Waals surface area contributed by atoms with Gasteiger partial charge in [-0.15, -0.1) is 0 Å². The summed E-state index contributed by atoms with van der Waals surface area (Å²) in [6.45, 7) is 0. The van der Waals surface area contributed by atoms with Crippen molar-refractivity contribution in [1.82, 2.24) is 0 Å². The molecule has 0 unspecified atom stereocenters. The van der Waals surface area contributed by atoms with Gasteiger partial charge in [0, 0.05) is 0 Å². The Bertz CT molecular complexity index is 368. The highest BCUT2D eigenvalue weighted by Crippen LogP contribution is 2.27. The van der Waals surface area contributed by atoms with Crippen molar-refractivity contribution in [3.63, 3.8) is 0 Å². The molecule has 0 spiro atoms. The summed E-state index contributed by atoms with van der Waals surface area (Å²) in [5, 5.41) is 0.156. The lowest BCUT2D eigenvalue weighted by molar-refractivity contribution is 0.101. The van der Waals surface area contributed by atoms with Crippen molar-refractivity contribution < 1.29 is 13.9 Å². The van der Waals surface area contributed by atoms with Crippen molar-refractivity contribution in [2.45, 2.75) is 0 Å². The average Bonchev–Trinajstić information content (AvgIpc) is 2.20. The highest BCUT2D eigenvalue weighted by atomic mass is 127. The average molecular weight is 373 g/mol. The van der Waals surface area contributed by atoms with E-state index < -0.39 is 5.82 Å². The Morgan fingerprint density at radius 3 is 2.79 bits per heavy atom. The zero-order chi connectivity index (χ0) is 10.7. The van der Waals surface area contributed by atoms with Crippen LogP contribution in [0.1, 0.15) is 10.4 Å². The number of rotatable bonds is 3. The number of Topliss-reactive ketones (excluding diaryl/α,β-unsaturated/α-hetero) is 1. The van der Waals surface area contributed by atoms with Gasteiger partial charge < -0.3 is 4.74 Å². The maximum atomic E-state index is 13.2. The van der Waals surface area contributed by atoms with Crippen LogP contribution in [-0.4, -0.2) is 18.2 Å². The Balaban J connectivity index is 3.35. The molecular weight excluding hydrogens is 366 g/mol. The fraction of sp³-hybridized carbons (Fsp3) is 0.222. The zero-order valence-corrected chi connectivity index (χ0v) is 11.1. The van der Waals surface area contributed by atoms with Crippen molar-refractivity contribution >= 4 is 44.3 Å². The molecule has 0 amide bonds. The summed E-state index contributed by atoms with van der Waals surface area (Å²) in [4.78, 5) is 11.5. The van der Waals surface area contributed by atoms with Crippen LogP contribution in [0.2, 0.25) is 0 Å². The molecule has 1 aromatic rings. The molecular formula is C9H7BrFIO2. The van der Waals surface area contributed by atoms with Crippen LogP contribution in [0.3, 0.4) is 0 Å². The van der Waals surface area contributed by atoms with Crippen molar-refractivity contribution in [2.24, 2.45) is 0 Å². The molecule has 2 nitrogen and oxygen atoms in total. The topological polar surface area (TPSA) is 26.3 Å². The molecule has 0 bridgehead atoms. The third-order valence-electron chi connectivity index (χ3n) is 1.68. The molecule has 0 atom stereocenters. The number of hydrogen-bond acceptors (Lipinski definition) is 2. The Kier molecular flexibility index (Phi) is 4.31. The number of ether oxygens (including phenoxy) is 1. The molecule has 1 aromatic carbocycles. The number of carbonyl (C=O) groups is 1. The van der Waals surface area contributed by atoms with Gasteiger partial charge in [0.2, 0.25) is 0 Å². The molecule has 0 aliphatic rings. The first-order chi connectivity index (χ1) is 6.61. The summed E-state index contributed by atoms with van der Waals surface area (Å²) in [6, 6.07) is 2.74. The molecule has 0 aromatic heterocycles. The minimum absolute atomic E-state index is 0.156. The second-order valence-corrected chi connectivity index (χ2v) is 4.13. The SMILES string of the molecule is COc1ccc(F)c(I)c1C(=O)CBr. The lowest BCUT2D eigenvalue weighted by Crippen LogP contribution is -2.07. The number of hydrogen-bond donors (Lipinski definition) is 0. The van der Waals surface area contributed by atoms with E-state index in [-0.39, 0.29) is 11.1 Å². The number of halogens is 3. The molecule has 0 aliphatic heterocycles. The van der Waals surface area contributed by atoms with E-state index in [4.69, 9.17) is 4.74 Å². The fourth-order valence-corrected chi connectivity index (χ4v) is 2.06. The molecule has 0 N–H and O–H groups in total. The third-order valence-corrected chi connectivity index (χ3v) is 3.24. The normalized spacial score (nSPS) is 10.0. The van der Waals surface area contributed by atoms with E-state index in [1.807, 2.05) is 0 Å². The standard InChI is InChI=1S/C9H7BrFIO2/c1-14-7-3-2-5(11)9(12)8(7)6(13)4-10/h2-3H,4H2,1H3. The lowest BCUT2D eigenvalue weighted by Gasteiger charge is -2.08. The first-order valence-corrected chi connectivity index (χ1v) is 5.93. The predicted molar refractivity (Wildman–Crippen MR) is 63.8 cm³/mol. The molecule has 14 heavy (non-hydrogen) atoms. The first-order valence-electron chi connectivity index (χ1n) is 3.73. The molecule has 76 valence electrons. The van der Waals surface area contributed by atoms with Gasteiger partial charge in [-0.3, -0.25) is 4.79 Å². The smallest absolute Gasteiger partial charge is 0.178 e. The van der Waals surface area contributed by atoms with Crippen molar-refractivity contribution in [1.29, 1.82) is 0 Å². The summed E-state index contributed by atoms with van der Waals surface area (Å²) < 4.78 is 18.5. The lowest BCUT2D eigenvalue weighted by atomic mass is 10.1. The van der Waals surface area contributed by atoms with Crippen molar-refractivity contribution in [3.8, 4) is 5.75 Å². The molecule has 1 rings (SSSR count). The monoisotopic (exact) mass is 372 g/mol. The third kappa shape index (κ3) is 2.25. The van der Waals surface area contributed by atoms with Gasteiger partial charge in [0.05, 0.1) is 21.6 Å².